The van der Waals surface area contributed by atoms with Gasteiger partial charge in [-0.15, -0.1) is 11.3 Å². The van der Waals surface area contributed by atoms with Crippen LogP contribution in [0.15, 0.2) is 0 Å². The minimum absolute atomic E-state index is 0.157. The first-order valence-electron chi connectivity index (χ1n) is 6.39. The molecule has 1 aromatic heterocycles. The van der Waals surface area contributed by atoms with Gasteiger partial charge in [0.15, 0.2) is 0 Å². The summed E-state index contributed by atoms with van der Waals surface area (Å²) in [6.45, 7) is 4.84. The Labute approximate surface area is 107 Å². The van der Waals surface area contributed by atoms with E-state index in [1.54, 1.807) is 0 Å². The summed E-state index contributed by atoms with van der Waals surface area (Å²) in [5.74, 6) is 0.586. The summed E-state index contributed by atoms with van der Waals surface area (Å²) < 4.78 is 0. The number of aromatic nitrogens is 1. The van der Waals surface area contributed by atoms with Crippen LogP contribution in [0.1, 0.15) is 42.3 Å². The predicted octanol–water partition coefficient (Wildman–Crippen LogP) is 2.34. The van der Waals surface area contributed by atoms with E-state index >= 15 is 0 Å². The number of hydrogen-bond donors (Lipinski definition) is 1. The normalized spacial score (nSPS) is 14.1. The number of aryl methyl sites for hydroxylation is 2. The molecule has 94 valence electrons. The number of nitrogens with zero attached hydrogens (tertiary/aromatic N) is 1. The van der Waals surface area contributed by atoms with Gasteiger partial charge in [0.25, 0.3) is 0 Å². The maximum atomic E-state index is 11.5. The van der Waals surface area contributed by atoms with Crippen molar-refractivity contribution in [1.82, 2.24) is 10.3 Å². The SMILES string of the molecule is CC(C)CC(=O)NCCc1nc2c(s1)CCC2. The summed E-state index contributed by atoms with van der Waals surface area (Å²) in [5.41, 5.74) is 1.30. The maximum Gasteiger partial charge on any atom is 0.220 e. The Hall–Kier alpha value is -0.900. The molecule has 1 aliphatic carbocycles. The van der Waals surface area contributed by atoms with E-state index in [4.69, 9.17) is 0 Å². The Balaban J connectivity index is 1.73. The fraction of sp³-hybridized carbons (Fsp3) is 0.692. The van der Waals surface area contributed by atoms with Crippen LogP contribution in [0.5, 0.6) is 0 Å². The van der Waals surface area contributed by atoms with E-state index in [0.717, 1.165) is 19.4 Å². The molecule has 1 heterocycles. The van der Waals surface area contributed by atoms with Gasteiger partial charge < -0.3 is 5.32 Å². The second-order valence-electron chi connectivity index (χ2n) is 5.03. The highest BCUT2D eigenvalue weighted by Crippen LogP contribution is 2.27. The molecule has 0 atom stereocenters. The van der Waals surface area contributed by atoms with Crippen LogP contribution in [0.25, 0.3) is 0 Å². The molecule has 1 amide bonds. The number of fused-ring (bicyclic) bond motifs is 1. The highest BCUT2D eigenvalue weighted by atomic mass is 32.1. The zero-order valence-electron chi connectivity index (χ0n) is 10.6. The number of rotatable bonds is 5. The van der Waals surface area contributed by atoms with Crippen molar-refractivity contribution in [2.45, 2.75) is 46.0 Å². The molecule has 17 heavy (non-hydrogen) atoms. The fourth-order valence-electron chi connectivity index (χ4n) is 2.10. The molecule has 3 nitrogen and oxygen atoms in total. The zero-order chi connectivity index (χ0) is 12.3. The van der Waals surface area contributed by atoms with Gasteiger partial charge in [-0.3, -0.25) is 4.79 Å². The van der Waals surface area contributed by atoms with E-state index in [2.05, 4.69) is 24.1 Å². The van der Waals surface area contributed by atoms with Crippen LogP contribution in [0.3, 0.4) is 0 Å². The second-order valence-corrected chi connectivity index (χ2v) is 6.20. The first-order chi connectivity index (χ1) is 8.15. The minimum atomic E-state index is 0.157. The van der Waals surface area contributed by atoms with Crippen LogP contribution < -0.4 is 5.32 Å². The standard InChI is InChI=1S/C13H20N2OS/c1-9(2)8-12(16)14-7-6-13-15-10-4-3-5-11(10)17-13/h9H,3-8H2,1-2H3,(H,14,16). The Morgan fingerprint density at radius 3 is 3.00 bits per heavy atom. The van der Waals surface area contributed by atoms with Gasteiger partial charge in [0, 0.05) is 24.3 Å². The number of thiazole rings is 1. The van der Waals surface area contributed by atoms with Crippen LogP contribution in [0, 0.1) is 5.92 Å². The summed E-state index contributed by atoms with van der Waals surface area (Å²) in [6.07, 6.45) is 5.10. The van der Waals surface area contributed by atoms with Gasteiger partial charge in [-0.2, -0.15) is 0 Å². The van der Waals surface area contributed by atoms with Crippen LogP contribution in [-0.2, 0) is 24.1 Å². The van der Waals surface area contributed by atoms with Crippen LogP contribution in [0.4, 0.5) is 0 Å². The second kappa shape index (κ2) is 5.63. The van der Waals surface area contributed by atoms with Crippen LogP contribution in [-0.4, -0.2) is 17.4 Å². The summed E-state index contributed by atoms with van der Waals surface area (Å²) in [4.78, 5) is 17.5. The molecule has 0 aliphatic heterocycles. The number of carbonyl (C=O) groups is 1. The van der Waals surface area contributed by atoms with Gasteiger partial charge in [0.1, 0.15) is 0 Å². The van der Waals surface area contributed by atoms with Crippen molar-refractivity contribution < 1.29 is 4.79 Å². The van der Waals surface area contributed by atoms with E-state index in [-0.39, 0.29) is 5.91 Å². The summed E-state index contributed by atoms with van der Waals surface area (Å²) >= 11 is 1.83. The van der Waals surface area contributed by atoms with Crippen molar-refractivity contribution in [1.29, 1.82) is 0 Å². The lowest BCUT2D eigenvalue weighted by molar-refractivity contribution is -0.121. The summed E-state index contributed by atoms with van der Waals surface area (Å²) in [5, 5.41) is 4.14. The van der Waals surface area contributed by atoms with E-state index in [1.807, 2.05) is 11.3 Å². The van der Waals surface area contributed by atoms with E-state index < -0.39 is 0 Å². The van der Waals surface area contributed by atoms with E-state index in [9.17, 15) is 4.79 Å². The summed E-state index contributed by atoms with van der Waals surface area (Å²) in [7, 11) is 0. The molecule has 0 spiro atoms. The van der Waals surface area contributed by atoms with Gasteiger partial charge in [0.2, 0.25) is 5.91 Å². The van der Waals surface area contributed by atoms with Crippen molar-refractivity contribution >= 4 is 17.2 Å². The van der Waals surface area contributed by atoms with E-state index in [1.165, 1.54) is 28.4 Å². The van der Waals surface area contributed by atoms with Crippen LogP contribution in [0.2, 0.25) is 0 Å². The lowest BCUT2D eigenvalue weighted by Crippen LogP contribution is -2.26. The molecule has 0 saturated heterocycles. The average Bonchev–Trinajstić information content (AvgIpc) is 2.76. The molecule has 1 aliphatic rings. The van der Waals surface area contributed by atoms with Crippen molar-refractivity contribution in [2.75, 3.05) is 6.54 Å². The van der Waals surface area contributed by atoms with Gasteiger partial charge in [0.05, 0.1) is 10.7 Å². The quantitative estimate of drug-likeness (QED) is 0.874. The van der Waals surface area contributed by atoms with Gasteiger partial charge in [-0.1, -0.05) is 13.8 Å². The lowest BCUT2D eigenvalue weighted by Gasteiger charge is -2.05. The van der Waals surface area contributed by atoms with Crippen molar-refractivity contribution in [2.24, 2.45) is 5.92 Å². The van der Waals surface area contributed by atoms with Crippen molar-refractivity contribution in [3.8, 4) is 0 Å². The third-order valence-electron chi connectivity index (χ3n) is 2.89. The molecule has 2 rings (SSSR count). The van der Waals surface area contributed by atoms with Gasteiger partial charge in [-0.25, -0.2) is 4.98 Å². The monoisotopic (exact) mass is 252 g/mol. The third-order valence-corrected chi connectivity index (χ3v) is 4.11. The molecular formula is C13H20N2OS. The van der Waals surface area contributed by atoms with E-state index in [0.29, 0.717) is 12.3 Å². The number of nitrogens with one attached hydrogen (secondary N) is 1. The number of carbonyl (C=O) groups excluding carboxylic acids is 1. The predicted molar refractivity (Wildman–Crippen MR) is 70.3 cm³/mol. The average molecular weight is 252 g/mol. The van der Waals surface area contributed by atoms with Crippen LogP contribution >= 0.6 is 11.3 Å². The lowest BCUT2D eigenvalue weighted by atomic mass is 10.1. The molecule has 0 saturated carbocycles. The Bertz CT molecular complexity index is 377. The molecule has 0 radical (unpaired) electrons. The maximum absolute atomic E-state index is 11.5. The Morgan fingerprint density at radius 1 is 1.47 bits per heavy atom. The molecule has 0 aromatic carbocycles. The highest BCUT2D eigenvalue weighted by molar-refractivity contribution is 7.11. The molecule has 0 bridgehead atoms. The Morgan fingerprint density at radius 2 is 2.29 bits per heavy atom. The van der Waals surface area contributed by atoms with Gasteiger partial charge >= 0.3 is 0 Å². The van der Waals surface area contributed by atoms with Gasteiger partial charge in [-0.05, 0) is 25.2 Å². The minimum Gasteiger partial charge on any atom is -0.356 e. The highest BCUT2D eigenvalue weighted by Gasteiger charge is 2.16. The smallest absolute Gasteiger partial charge is 0.220 e. The first-order valence-corrected chi connectivity index (χ1v) is 7.21. The molecular weight excluding hydrogens is 232 g/mol. The summed E-state index contributed by atoms with van der Waals surface area (Å²) in [6, 6.07) is 0. The zero-order valence-corrected chi connectivity index (χ0v) is 11.4. The van der Waals surface area contributed by atoms with Crippen molar-refractivity contribution in [3.05, 3.63) is 15.6 Å². The molecule has 4 heteroatoms. The topological polar surface area (TPSA) is 42.0 Å². The largest absolute Gasteiger partial charge is 0.356 e. The first kappa shape index (κ1) is 12.6. The fourth-order valence-corrected chi connectivity index (χ4v) is 3.26. The molecule has 0 unspecified atom stereocenters. The van der Waals surface area contributed by atoms with Crippen molar-refractivity contribution in [3.63, 3.8) is 0 Å². The number of amides is 1. The Kier molecular flexibility index (Phi) is 4.15. The molecule has 0 fully saturated rings. The third kappa shape index (κ3) is 3.53. The molecule has 1 aromatic rings. The number of hydrogen-bond acceptors (Lipinski definition) is 3. The molecule has 1 N–H and O–H groups in total.